The molecular weight excluding hydrogens is 333 g/mol. The molecule has 1 atom stereocenters. The van der Waals surface area contributed by atoms with Gasteiger partial charge in [-0.3, -0.25) is 9.59 Å². The van der Waals surface area contributed by atoms with Crippen LogP contribution in [0.2, 0.25) is 0 Å². The highest BCUT2D eigenvalue weighted by atomic mass is 35.5. The lowest BCUT2D eigenvalue weighted by atomic mass is 10.0. The summed E-state index contributed by atoms with van der Waals surface area (Å²) >= 11 is 0. The third kappa shape index (κ3) is 6.09. The molecule has 2 amide bonds. The van der Waals surface area contributed by atoms with E-state index in [9.17, 15) is 14.0 Å². The first-order valence-corrected chi connectivity index (χ1v) is 8.13. The summed E-state index contributed by atoms with van der Waals surface area (Å²) in [6.45, 7) is 3.60. The molecule has 1 aromatic carbocycles. The van der Waals surface area contributed by atoms with Crippen molar-refractivity contribution in [3.8, 4) is 0 Å². The zero-order valence-electron chi connectivity index (χ0n) is 13.9. The molecule has 0 radical (unpaired) electrons. The first-order chi connectivity index (χ1) is 11.1. The number of amides is 2. The van der Waals surface area contributed by atoms with Crippen LogP contribution in [0.4, 0.5) is 4.39 Å². The van der Waals surface area contributed by atoms with Crippen molar-refractivity contribution in [3.05, 3.63) is 35.6 Å². The molecule has 134 valence electrons. The summed E-state index contributed by atoms with van der Waals surface area (Å²) in [7, 11) is 0. The van der Waals surface area contributed by atoms with Crippen molar-refractivity contribution in [2.45, 2.75) is 38.8 Å². The van der Waals surface area contributed by atoms with Crippen LogP contribution in [0.1, 0.15) is 31.7 Å². The molecule has 7 heteroatoms. The number of hydrogen-bond acceptors (Lipinski definition) is 3. The number of piperidine rings is 1. The van der Waals surface area contributed by atoms with E-state index < -0.39 is 0 Å². The molecule has 5 nitrogen and oxygen atoms in total. The lowest BCUT2D eigenvalue weighted by Gasteiger charge is -2.29. The van der Waals surface area contributed by atoms with Gasteiger partial charge in [0.2, 0.25) is 11.8 Å². The Morgan fingerprint density at radius 2 is 2.00 bits per heavy atom. The summed E-state index contributed by atoms with van der Waals surface area (Å²) in [4.78, 5) is 26.0. The van der Waals surface area contributed by atoms with Gasteiger partial charge in [0.1, 0.15) is 5.82 Å². The number of nitrogens with one attached hydrogen (secondary N) is 2. The van der Waals surface area contributed by atoms with E-state index in [0.717, 1.165) is 31.4 Å². The highest BCUT2D eigenvalue weighted by Gasteiger charge is 2.25. The third-order valence-corrected chi connectivity index (χ3v) is 4.04. The van der Waals surface area contributed by atoms with Crippen LogP contribution in [-0.4, -0.2) is 42.4 Å². The van der Waals surface area contributed by atoms with Crippen LogP contribution >= 0.6 is 12.4 Å². The number of nitrogens with zero attached hydrogens (tertiary/aromatic N) is 1. The van der Waals surface area contributed by atoms with Gasteiger partial charge in [-0.2, -0.15) is 0 Å². The molecular formula is C17H25ClFN3O2. The fraction of sp³-hybridized carbons (Fsp3) is 0.529. The van der Waals surface area contributed by atoms with E-state index in [1.54, 1.807) is 17.0 Å². The maximum absolute atomic E-state index is 12.8. The largest absolute Gasteiger partial charge is 0.350 e. The Hall–Kier alpha value is -1.66. The van der Waals surface area contributed by atoms with E-state index in [1.807, 2.05) is 6.92 Å². The molecule has 0 saturated carbocycles. The molecule has 2 N–H and O–H groups in total. The van der Waals surface area contributed by atoms with Gasteiger partial charge in [-0.25, -0.2) is 4.39 Å². The molecule has 0 aliphatic carbocycles. The number of benzene rings is 1. The van der Waals surface area contributed by atoms with Gasteiger partial charge in [0, 0.05) is 13.1 Å². The van der Waals surface area contributed by atoms with Gasteiger partial charge < -0.3 is 15.5 Å². The minimum absolute atomic E-state index is 0. The van der Waals surface area contributed by atoms with Gasteiger partial charge in [-0.05, 0) is 44.0 Å². The Balaban J connectivity index is 0.00000288. The molecule has 1 aliphatic heterocycles. The fourth-order valence-corrected chi connectivity index (χ4v) is 2.66. The van der Waals surface area contributed by atoms with E-state index in [1.165, 1.54) is 12.1 Å². The first kappa shape index (κ1) is 20.4. The highest BCUT2D eigenvalue weighted by Crippen LogP contribution is 2.10. The molecule has 1 unspecified atom stereocenters. The van der Waals surface area contributed by atoms with Crippen molar-refractivity contribution in [1.29, 1.82) is 0 Å². The minimum Gasteiger partial charge on any atom is -0.350 e. The molecule has 0 aromatic heterocycles. The van der Waals surface area contributed by atoms with E-state index >= 15 is 0 Å². The number of likely N-dealkylation sites (N-methyl/N-ethyl adjacent to an activating group) is 1. The minimum atomic E-state index is -0.303. The van der Waals surface area contributed by atoms with Crippen LogP contribution in [0.25, 0.3) is 0 Å². The standard InChI is InChI=1S/C17H24FN3O2.ClH/c1-2-21(17(23)15-5-3-4-10-19-15)12-16(22)20-11-13-6-8-14(18)9-7-13;/h6-9,15,19H,2-5,10-12H2,1H3,(H,20,22);1H. The predicted molar refractivity (Wildman–Crippen MR) is 93.4 cm³/mol. The summed E-state index contributed by atoms with van der Waals surface area (Å²) < 4.78 is 12.8. The van der Waals surface area contributed by atoms with E-state index in [4.69, 9.17) is 0 Å². The van der Waals surface area contributed by atoms with Gasteiger partial charge in [0.25, 0.3) is 0 Å². The van der Waals surface area contributed by atoms with Crippen LogP contribution in [0.5, 0.6) is 0 Å². The summed E-state index contributed by atoms with van der Waals surface area (Å²) in [5.74, 6) is -0.521. The number of carbonyl (C=O) groups excluding carboxylic acids is 2. The quantitative estimate of drug-likeness (QED) is 0.816. The molecule has 2 rings (SSSR count). The second-order valence-electron chi connectivity index (χ2n) is 5.76. The normalized spacial score (nSPS) is 16.8. The van der Waals surface area contributed by atoms with Gasteiger partial charge in [-0.15, -0.1) is 12.4 Å². The van der Waals surface area contributed by atoms with Crippen LogP contribution in [0.3, 0.4) is 0 Å². The van der Waals surface area contributed by atoms with Crippen molar-refractivity contribution >= 4 is 24.2 Å². The number of rotatable bonds is 6. The van der Waals surface area contributed by atoms with Crippen LogP contribution in [0, 0.1) is 5.82 Å². The number of halogens is 2. The second kappa shape index (κ2) is 10.3. The molecule has 0 spiro atoms. The van der Waals surface area contributed by atoms with E-state index in [-0.39, 0.29) is 42.6 Å². The van der Waals surface area contributed by atoms with Gasteiger partial charge >= 0.3 is 0 Å². The lowest BCUT2D eigenvalue weighted by Crippen LogP contribution is -2.51. The molecule has 1 saturated heterocycles. The molecule has 1 heterocycles. The van der Waals surface area contributed by atoms with Crippen LogP contribution in [-0.2, 0) is 16.1 Å². The molecule has 0 bridgehead atoms. The average molecular weight is 358 g/mol. The van der Waals surface area contributed by atoms with Crippen LogP contribution < -0.4 is 10.6 Å². The fourth-order valence-electron chi connectivity index (χ4n) is 2.66. The molecule has 1 fully saturated rings. The zero-order valence-corrected chi connectivity index (χ0v) is 14.7. The van der Waals surface area contributed by atoms with E-state index in [0.29, 0.717) is 13.1 Å². The predicted octanol–water partition coefficient (Wildman–Crippen LogP) is 1.85. The monoisotopic (exact) mass is 357 g/mol. The van der Waals surface area contributed by atoms with Crippen molar-refractivity contribution in [3.63, 3.8) is 0 Å². The molecule has 1 aromatic rings. The summed E-state index contributed by atoms with van der Waals surface area (Å²) in [5.41, 5.74) is 0.822. The summed E-state index contributed by atoms with van der Waals surface area (Å²) in [6, 6.07) is 5.80. The Labute approximate surface area is 148 Å². The summed E-state index contributed by atoms with van der Waals surface area (Å²) in [6.07, 6.45) is 2.96. The van der Waals surface area contributed by atoms with Crippen molar-refractivity contribution in [2.75, 3.05) is 19.6 Å². The summed E-state index contributed by atoms with van der Waals surface area (Å²) in [5, 5.41) is 5.98. The highest BCUT2D eigenvalue weighted by molar-refractivity contribution is 5.87. The maximum Gasteiger partial charge on any atom is 0.240 e. The zero-order chi connectivity index (χ0) is 16.7. The van der Waals surface area contributed by atoms with Gasteiger partial charge in [-0.1, -0.05) is 18.6 Å². The SMILES string of the molecule is CCN(CC(=O)NCc1ccc(F)cc1)C(=O)C1CCCCN1.Cl. The smallest absolute Gasteiger partial charge is 0.240 e. The topological polar surface area (TPSA) is 61.4 Å². The Kier molecular flexibility index (Phi) is 8.71. The second-order valence-corrected chi connectivity index (χ2v) is 5.76. The van der Waals surface area contributed by atoms with Crippen LogP contribution in [0.15, 0.2) is 24.3 Å². The molecule has 24 heavy (non-hydrogen) atoms. The lowest BCUT2D eigenvalue weighted by molar-refractivity contribution is -0.138. The Morgan fingerprint density at radius 1 is 1.29 bits per heavy atom. The number of hydrogen-bond donors (Lipinski definition) is 2. The van der Waals surface area contributed by atoms with Crippen molar-refractivity contribution in [1.82, 2.24) is 15.5 Å². The van der Waals surface area contributed by atoms with Crippen molar-refractivity contribution in [2.24, 2.45) is 0 Å². The molecule has 1 aliphatic rings. The third-order valence-electron chi connectivity index (χ3n) is 4.04. The van der Waals surface area contributed by atoms with Gasteiger partial charge in [0.15, 0.2) is 0 Å². The maximum atomic E-state index is 12.8. The van der Waals surface area contributed by atoms with Crippen molar-refractivity contribution < 1.29 is 14.0 Å². The average Bonchev–Trinajstić information content (AvgIpc) is 2.59. The van der Waals surface area contributed by atoms with Gasteiger partial charge in [0.05, 0.1) is 12.6 Å². The number of carbonyl (C=O) groups is 2. The Bertz CT molecular complexity index is 533. The van der Waals surface area contributed by atoms with E-state index in [2.05, 4.69) is 10.6 Å². The Morgan fingerprint density at radius 3 is 2.58 bits per heavy atom. The first-order valence-electron chi connectivity index (χ1n) is 8.13.